The molecule has 4 nitrogen and oxygen atoms in total. The van der Waals surface area contributed by atoms with Gasteiger partial charge in [-0.15, -0.1) is 0 Å². The highest BCUT2D eigenvalue weighted by Gasteiger charge is 2.28. The molecule has 0 aliphatic heterocycles. The maximum absolute atomic E-state index is 13.1. The predicted octanol–water partition coefficient (Wildman–Crippen LogP) is 4.90. The molecule has 0 bridgehead atoms. The predicted molar refractivity (Wildman–Crippen MR) is 120 cm³/mol. The van der Waals surface area contributed by atoms with Crippen LogP contribution in [0.2, 0.25) is 0 Å². The van der Waals surface area contributed by atoms with Gasteiger partial charge in [-0.1, -0.05) is 84.4 Å². The molecule has 4 aromatic rings. The molecule has 2 N–H and O–H groups in total. The van der Waals surface area contributed by atoms with E-state index in [9.17, 15) is 13.5 Å². The molecule has 152 valence electrons. The summed E-state index contributed by atoms with van der Waals surface area (Å²) in [6.45, 7) is 1.90. The van der Waals surface area contributed by atoms with Crippen LogP contribution in [0.15, 0.2) is 102 Å². The molecule has 30 heavy (non-hydrogen) atoms. The molecule has 2 unspecified atom stereocenters. The van der Waals surface area contributed by atoms with Gasteiger partial charge in [0, 0.05) is 0 Å². The van der Waals surface area contributed by atoms with Crippen LogP contribution in [-0.2, 0) is 10.0 Å². The Kier molecular flexibility index (Phi) is 5.68. The van der Waals surface area contributed by atoms with Crippen molar-refractivity contribution in [1.29, 1.82) is 0 Å². The Morgan fingerprint density at radius 2 is 1.37 bits per heavy atom. The Morgan fingerprint density at radius 3 is 2.07 bits per heavy atom. The Morgan fingerprint density at radius 1 is 0.733 bits per heavy atom. The second kappa shape index (κ2) is 8.40. The van der Waals surface area contributed by atoms with Gasteiger partial charge in [-0.3, -0.25) is 0 Å². The zero-order valence-electron chi connectivity index (χ0n) is 16.6. The summed E-state index contributed by atoms with van der Waals surface area (Å²) in [6, 6.07) is 28.5. The zero-order chi connectivity index (χ0) is 21.1. The summed E-state index contributed by atoms with van der Waals surface area (Å²) in [5.74, 6) is 0. The number of fused-ring (bicyclic) bond motifs is 1. The highest BCUT2D eigenvalue weighted by Crippen LogP contribution is 2.32. The van der Waals surface area contributed by atoms with Crippen molar-refractivity contribution < 1.29 is 13.5 Å². The maximum Gasteiger partial charge on any atom is 0.241 e. The van der Waals surface area contributed by atoms with Crippen molar-refractivity contribution in [3.8, 4) is 0 Å². The van der Waals surface area contributed by atoms with E-state index in [4.69, 9.17) is 0 Å². The first-order valence-electron chi connectivity index (χ1n) is 9.75. The van der Waals surface area contributed by atoms with E-state index in [1.165, 1.54) is 0 Å². The summed E-state index contributed by atoms with van der Waals surface area (Å²) in [6.07, 6.45) is -1.05. The van der Waals surface area contributed by atoms with Crippen LogP contribution in [0.3, 0.4) is 0 Å². The quantitative estimate of drug-likeness (QED) is 0.469. The number of sulfonamides is 1. The van der Waals surface area contributed by atoms with Gasteiger partial charge in [-0.05, 0) is 47.0 Å². The highest BCUT2D eigenvalue weighted by molar-refractivity contribution is 7.89. The van der Waals surface area contributed by atoms with E-state index in [0.29, 0.717) is 11.1 Å². The van der Waals surface area contributed by atoms with Crippen LogP contribution < -0.4 is 4.72 Å². The SMILES string of the molecule is Cc1ccc(S(=O)(=O)NC(c2ccc3ccccc3c2)C(O)c2ccccc2)cc1. The van der Waals surface area contributed by atoms with Gasteiger partial charge in [-0.25, -0.2) is 13.1 Å². The van der Waals surface area contributed by atoms with Crippen LogP contribution in [0.25, 0.3) is 10.8 Å². The standard InChI is InChI=1S/C25H23NO3S/c1-18-11-15-23(16-12-18)30(28,29)26-24(25(27)20-8-3-2-4-9-20)22-14-13-19-7-5-6-10-21(19)17-22/h2-17,24-27H,1H3. The number of hydrogen-bond acceptors (Lipinski definition) is 3. The van der Waals surface area contributed by atoms with Crippen molar-refractivity contribution >= 4 is 20.8 Å². The Hall–Kier alpha value is -2.99. The third-order valence-electron chi connectivity index (χ3n) is 5.20. The molecule has 0 saturated carbocycles. The molecular weight excluding hydrogens is 394 g/mol. The molecule has 0 heterocycles. The van der Waals surface area contributed by atoms with E-state index in [-0.39, 0.29) is 4.90 Å². The third-order valence-corrected chi connectivity index (χ3v) is 6.66. The Balaban J connectivity index is 1.77. The summed E-state index contributed by atoms with van der Waals surface area (Å²) in [4.78, 5) is 0.166. The van der Waals surface area contributed by atoms with Gasteiger partial charge >= 0.3 is 0 Å². The van der Waals surface area contributed by atoms with Gasteiger partial charge in [0.1, 0.15) is 0 Å². The molecule has 0 fully saturated rings. The van der Waals surface area contributed by atoms with Crippen LogP contribution >= 0.6 is 0 Å². The molecule has 0 aliphatic rings. The summed E-state index contributed by atoms with van der Waals surface area (Å²) < 4.78 is 28.9. The van der Waals surface area contributed by atoms with Gasteiger partial charge in [0.15, 0.2) is 0 Å². The van der Waals surface area contributed by atoms with Gasteiger partial charge in [0.2, 0.25) is 10.0 Å². The number of benzene rings is 4. The molecule has 4 rings (SSSR count). The van der Waals surface area contributed by atoms with Gasteiger partial charge in [0.05, 0.1) is 17.0 Å². The van der Waals surface area contributed by atoms with Crippen molar-refractivity contribution in [2.45, 2.75) is 24.0 Å². The monoisotopic (exact) mass is 417 g/mol. The number of nitrogens with one attached hydrogen (secondary N) is 1. The fraction of sp³-hybridized carbons (Fsp3) is 0.120. The van der Waals surface area contributed by atoms with Crippen molar-refractivity contribution in [3.63, 3.8) is 0 Å². The molecule has 0 spiro atoms. The molecule has 5 heteroatoms. The topological polar surface area (TPSA) is 66.4 Å². The van der Waals surface area contributed by atoms with E-state index in [1.807, 2.05) is 67.6 Å². The van der Waals surface area contributed by atoms with E-state index in [0.717, 1.165) is 16.3 Å². The van der Waals surface area contributed by atoms with Crippen LogP contribution in [-0.4, -0.2) is 13.5 Å². The van der Waals surface area contributed by atoms with Crippen molar-refractivity contribution in [1.82, 2.24) is 4.72 Å². The first-order valence-corrected chi connectivity index (χ1v) is 11.2. The van der Waals surface area contributed by atoms with Gasteiger partial charge < -0.3 is 5.11 Å². The molecular formula is C25H23NO3S. The molecule has 0 saturated heterocycles. The van der Waals surface area contributed by atoms with Crippen LogP contribution in [0.4, 0.5) is 0 Å². The summed E-state index contributed by atoms with van der Waals surface area (Å²) in [5.41, 5.74) is 2.31. The minimum absolute atomic E-state index is 0.166. The fourth-order valence-electron chi connectivity index (χ4n) is 3.51. The Labute approximate surface area is 176 Å². The van der Waals surface area contributed by atoms with Gasteiger partial charge in [0.25, 0.3) is 0 Å². The molecule has 0 aromatic heterocycles. The number of aliphatic hydroxyl groups is 1. The first-order chi connectivity index (χ1) is 14.4. The van der Waals surface area contributed by atoms with Crippen LogP contribution in [0.1, 0.15) is 28.8 Å². The number of rotatable bonds is 6. The van der Waals surface area contributed by atoms with Crippen LogP contribution in [0.5, 0.6) is 0 Å². The number of hydrogen-bond donors (Lipinski definition) is 2. The molecule has 4 aromatic carbocycles. The van der Waals surface area contributed by atoms with E-state index < -0.39 is 22.2 Å². The lowest BCUT2D eigenvalue weighted by Gasteiger charge is -2.25. The summed E-state index contributed by atoms with van der Waals surface area (Å²) >= 11 is 0. The molecule has 0 aliphatic carbocycles. The normalized spacial score (nSPS) is 13.8. The zero-order valence-corrected chi connectivity index (χ0v) is 17.4. The van der Waals surface area contributed by atoms with Crippen molar-refractivity contribution in [2.24, 2.45) is 0 Å². The Bertz CT molecular complexity index is 1250. The lowest BCUT2D eigenvalue weighted by molar-refractivity contribution is 0.139. The third kappa shape index (κ3) is 4.28. The number of aryl methyl sites for hydroxylation is 1. The van der Waals surface area contributed by atoms with Crippen molar-refractivity contribution in [3.05, 3.63) is 114 Å². The lowest BCUT2D eigenvalue weighted by Crippen LogP contribution is -2.32. The van der Waals surface area contributed by atoms with E-state index >= 15 is 0 Å². The minimum Gasteiger partial charge on any atom is -0.386 e. The average Bonchev–Trinajstić information content (AvgIpc) is 2.77. The van der Waals surface area contributed by atoms with Crippen molar-refractivity contribution in [2.75, 3.05) is 0 Å². The minimum atomic E-state index is -3.84. The fourth-order valence-corrected chi connectivity index (χ4v) is 4.74. The van der Waals surface area contributed by atoms with E-state index in [2.05, 4.69) is 4.72 Å². The lowest BCUT2D eigenvalue weighted by atomic mass is 9.95. The molecule has 0 amide bonds. The summed E-state index contributed by atoms with van der Waals surface area (Å²) in [7, 11) is -3.84. The molecule has 0 radical (unpaired) electrons. The first kappa shape index (κ1) is 20.3. The second-order valence-corrected chi connectivity index (χ2v) is 9.09. The summed E-state index contributed by atoms with van der Waals surface area (Å²) in [5, 5.41) is 13.2. The average molecular weight is 418 g/mol. The smallest absolute Gasteiger partial charge is 0.241 e. The largest absolute Gasteiger partial charge is 0.386 e. The maximum atomic E-state index is 13.1. The highest BCUT2D eigenvalue weighted by atomic mass is 32.2. The van der Waals surface area contributed by atoms with E-state index in [1.54, 1.807) is 36.4 Å². The van der Waals surface area contributed by atoms with Crippen LogP contribution in [0, 0.1) is 6.92 Å². The molecule has 2 atom stereocenters. The van der Waals surface area contributed by atoms with Gasteiger partial charge in [-0.2, -0.15) is 0 Å². The number of aliphatic hydroxyl groups excluding tert-OH is 1. The second-order valence-electron chi connectivity index (χ2n) is 7.37.